The zero-order chi connectivity index (χ0) is 15.8. The predicted octanol–water partition coefficient (Wildman–Crippen LogP) is 4.26. The van der Waals surface area contributed by atoms with Crippen molar-refractivity contribution in [2.24, 2.45) is 0 Å². The average molecular weight is 369 g/mol. The Balaban J connectivity index is 1.65. The normalized spacial score (nSPS) is 14.8. The molecule has 1 aliphatic heterocycles. The first kappa shape index (κ1) is 14.7. The summed E-state index contributed by atoms with van der Waals surface area (Å²) in [6.07, 6.45) is 2.78. The van der Waals surface area contributed by atoms with Gasteiger partial charge in [-0.2, -0.15) is 0 Å². The van der Waals surface area contributed by atoms with Gasteiger partial charge in [0.05, 0.1) is 0 Å². The Bertz CT molecular complexity index is 878. The van der Waals surface area contributed by atoms with E-state index in [0.717, 1.165) is 41.5 Å². The largest absolute Gasteiger partial charge is 0.505 e. The third-order valence-corrected chi connectivity index (χ3v) is 5.15. The van der Waals surface area contributed by atoms with Gasteiger partial charge in [0.1, 0.15) is 11.3 Å². The number of aromatic hydroxyl groups is 1. The van der Waals surface area contributed by atoms with Crippen LogP contribution in [-0.4, -0.2) is 21.5 Å². The zero-order valence-electron chi connectivity index (χ0n) is 12.7. The Hall–Kier alpha value is -1.91. The maximum atomic E-state index is 10.6. The van der Waals surface area contributed by atoms with Crippen molar-refractivity contribution in [3.8, 4) is 5.75 Å². The standard InChI is InChI=1S/C19H17BrN2O/c20-17-10-15(19(23)18-16(17)6-3-8-21-18)12-22-9-7-13-4-1-2-5-14(13)11-22/h1-6,8,10,23H,7,9,11-12H2. The molecule has 0 amide bonds. The third-order valence-electron chi connectivity index (χ3n) is 4.50. The third kappa shape index (κ3) is 2.73. The molecule has 0 aliphatic carbocycles. The number of phenols is 1. The Labute approximate surface area is 143 Å². The number of benzene rings is 2. The van der Waals surface area contributed by atoms with E-state index in [0.29, 0.717) is 11.3 Å². The highest BCUT2D eigenvalue weighted by atomic mass is 79.9. The minimum absolute atomic E-state index is 0.294. The number of rotatable bonds is 2. The summed E-state index contributed by atoms with van der Waals surface area (Å²) in [4.78, 5) is 6.71. The summed E-state index contributed by atoms with van der Waals surface area (Å²) in [5.74, 6) is 0.294. The fourth-order valence-corrected chi connectivity index (χ4v) is 3.88. The number of hydrogen-bond donors (Lipinski definition) is 1. The molecule has 4 rings (SSSR count). The van der Waals surface area contributed by atoms with Crippen molar-refractivity contribution in [2.75, 3.05) is 6.54 Å². The van der Waals surface area contributed by atoms with Crippen molar-refractivity contribution in [3.63, 3.8) is 0 Å². The van der Waals surface area contributed by atoms with Crippen LogP contribution in [0.1, 0.15) is 16.7 Å². The number of nitrogens with zero attached hydrogens (tertiary/aromatic N) is 2. The van der Waals surface area contributed by atoms with Gasteiger partial charge in [-0.1, -0.05) is 46.3 Å². The number of pyridine rings is 1. The van der Waals surface area contributed by atoms with E-state index in [2.05, 4.69) is 50.1 Å². The van der Waals surface area contributed by atoms with Gasteiger partial charge in [-0.05, 0) is 29.7 Å². The monoisotopic (exact) mass is 368 g/mol. The van der Waals surface area contributed by atoms with E-state index < -0.39 is 0 Å². The van der Waals surface area contributed by atoms with Gasteiger partial charge in [0.15, 0.2) is 0 Å². The number of fused-ring (bicyclic) bond motifs is 2. The average Bonchev–Trinajstić information content (AvgIpc) is 2.59. The molecule has 0 saturated carbocycles. The molecule has 1 N–H and O–H groups in total. The summed E-state index contributed by atoms with van der Waals surface area (Å²) in [6.45, 7) is 2.66. The lowest BCUT2D eigenvalue weighted by Crippen LogP contribution is -2.30. The van der Waals surface area contributed by atoms with Gasteiger partial charge in [-0.25, -0.2) is 0 Å². The van der Waals surface area contributed by atoms with Crippen LogP contribution in [0.3, 0.4) is 0 Å². The summed E-state index contributed by atoms with van der Waals surface area (Å²) < 4.78 is 0.978. The van der Waals surface area contributed by atoms with Gasteiger partial charge >= 0.3 is 0 Å². The molecular formula is C19H17BrN2O. The molecule has 23 heavy (non-hydrogen) atoms. The molecule has 4 heteroatoms. The van der Waals surface area contributed by atoms with Crippen LogP contribution in [-0.2, 0) is 19.5 Å². The van der Waals surface area contributed by atoms with Crippen LogP contribution in [0, 0.1) is 0 Å². The predicted molar refractivity (Wildman–Crippen MR) is 95.4 cm³/mol. The zero-order valence-corrected chi connectivity index (χ0v) is 14.3. The molecule has 2 aromatic carbocycles. The Morgan fingerprint density at radius 1 is 1.13 bits per heavy atom. The van der Waals surface area contributed by atoms with Gasteiger partial charge in [0.25, 0.3) is 0 Å². The smallest absolute Gasteiger partial charge is 0.146 e. The molecule has 2 heterocycles. The molecular weight excluding hydrogens is 352 g/mol. The topological polar surface area (TPSA) is 36.4 Å². The van der Waals surface area contributed by atoms with Gasteiger partial charge in [0.2, 0.25) is 0 Å². The van der Waals surface area contributed by atoms with Crippen molar-refractivity contribution in [2.45, 2.75) is 19.5 Å². The Morgan fingerprint density at radius 3 is 2.83 bits per heavy atom. The summed E-state index contributed by atoms with van der Waals surface area (Å²) >= 11 is 3.60. The highest BCUT2D eigenvalue weighted by molar-refractivity contribution is 9.10. The van der Waals surface area contributed by atoms with E-state index in [-0.39, 0.29) is 0 Å². The number of halogens is 1. The lowest BCUT2D eigenvalue weighted by molar-refractivity contribution is 0.242. The fourth-order valence-electron chi connectivity index (χ4n) is 3.29. The molecule has 0 fully saturated rings. The van der Waals surface area contributed by atoms with E-state index in [9.17, 15) is 5.11 Å². The van der Waals surface area contributed by atoms with Crippen LogP contribution < -0.4 is 0 Å². The number of aromatic nitrogens is 1. The van der Waals surface area contributed by atoms with Crippen LogP contribution >= 0.6 is 15.9 Å². The van der Waals surface area contributed by atoms with Gasteiger partial charge in [-0.3, -0.25) is 9.88 Å². The number of hydrogen-bond acceptors (Lipinski definition) is 3. The van der Waals surface area contributed by atoms with Crippen molar-refractivity contribution in [3.05, 3.63) is 69.8 Å². The van der Waals surface area contributed by atoms with Gasteiger partial charge in [0, 0.05) is 41.3 Å². The second-order valence-corrected chi connectivity index (χ2v) is 6.85. The van der Waals surface area contributed by atoms with Crippen molar-refractivity contribution in [1.29, 1.82) is 0 Å². The lowest BCUT2D eigenvalue weighted by Gasteiger charge is -2.29. The molecule has 0 radical (unpaired) electrons. The molecule has 116 valence electrons. The minimum atomic E-state index is 0.294. The van der Waals surface area contributed by atoms with Crippen LogP contribution in [0.2, 0.25) is 0 Å². The van der Waals surface area contributed by atoms with Crippen LogP contribution in [0.4, 0.5) is 0 Å². The molecule has 3 nitrogen and oxygen atoms in total. The molecule has 1 aliphatic rings. The first-order valence-corrected chi connectivity index (χ1v) is 8.56. The molecule has 0 bridgehead atoms. The maximum absolute atomic E-state index is 10.6. The molecule has 1 aromatic heterocycles. The molecule has 0 saturated heterocycles. The first-order chi connectivity index (χ1) is 11.2. The summed E-state index contributed by atoms with van der Waals surface area (Å²) in [5.41, 5.74) is 4.40. The van der Waals surface area contributed by atoms with Crippen molar-refractivity contribution >= 4 is 26.8 Å². The molecule has 0 spiro atoms. The Morgan fingerprint density at radius 2 is 1.96 bits per heavy atom. The SMILES string of the molecule is Oc1c(CN2CCc3ccccc3C2)cc(Br)c2cccnc12. The lowest BCUT2D eigenvalue weighted by atomic mass is 9.99. The van der Waals surface area contributed by atoms with Crippen molar-refractivity contribution < 1.29 is 5.11 Å². The highest BCUT2D eigenvalue weighted by Crippen LogP contribution is 2.34. The van der Waals surface area contributed by atoms with E-state index in [1.54, 1.807) is 6.20 Å². The number of phenolic OH excluding ortho intramolecular Hbond substituents is 1. The molecule has 0 unspecified atom stereocenters. The summed E-state index contributed by atoms with van der Waals surface area (Å²) in [7, 11) is 0. The first-order valence-electron chi connectivity index (χ1n) is 7.76. The van der Waals surface area contributed by atoms with E-state index in [1.165, 1.54) is 11.1 Å². The van der Waals surface area contributed by atoms with Gasteiger partial charge in [-0.15, -0.1) is 0 Å². The fraction of sp³-hybridized carbons (Fsp3) is 0.211. The molecule has 3 aromatic rings. The molecule has 0 atom stereocenters. The van der Waals surface area contributed by atoms with Gasteiger partial charge < -0.3 is 5.11 Å². The van der Waals surface area contributed by atoms with Crippen LogP contribution in [0.25, 0.3) is 10.9 Å². The minimum Gasteiger partial charge on any atom is -0.505 e. The van der Waals surface area contributed by atoms with Crippen molar-refractivity contribution in [1.82, 2.24) is 9.88 Å². The van der Waals surface area contributed by atoms with E-state index in [1.807, 2.05) is 18.2 Å². The van der Waals surface area contributed by atoms with E-state index in [4.69, 9.17) is 0 Å². The second kappa shape index (κ2) is 5.95. The summed E-state index contributed by atoms with van der Waals surface area (Å²) in [6, 6.07) is 14.5. The van der Waals surface area contributed by atoms with E-state index >= 15 is 0 Å². The maximum Gasteiger partial charge on any atom is 0.146 e. The van der Waals surface area contributed by atoms with Crippen LogP contribution in [0.15, 0.2) is 53.1 Å². The summed E-state index contributed by atoms with van der Waals surface area (Å²) in [5, 5.41) is 11.5. The second-order valence-electron chi connectivity index (χ2n) is 6.00. The van der Waals surface area contributed by atoms with Crippen LogP contribution in [0.5, 0.6) is 5.75 Å². The Kier molecular flexibility index (Phi) is 3.79. The quantitative estimate of drug-likeness (QED) is 0.733. The highest BCUT2D eigenvalue weighted by Gasteiger charge is 2.18.